The van der Waals surface area contributed by atoms with E-state index in [-0.39, 0.29) is 23.0 Å². The normalized spacial score (nSPS) is 12.3. The highest BCUT2D eigenvalue weighted by Crippen LogP contribution is 2.33. The summed E-state index contributed by atoms with van der Waals surface area (Å²) in [5, 5.41) is 2.98. The molecule has 0 saturated heterocycles. The van der Waals surface area contributed by atoms with Crippen molar-refractivity contribution in [2.75, 3.05) is 24.6 Å². The first kappa shape index (κ1) is 33.5. The number of hydrogen-bond donors (Lipinski definition) is 1. The van der Waals surface area contributed by atoms with E-state index in [1.807, 2.05) is 40.7 Å². The number of benzene rings is 3. The van der Waals surface area contributed by atoms with Crippen LogP contribution in [0.4, 0.5) is 5.69 Å². The van der Waals surface area contributed by atoms with Crippen molar-refractivity contribution in [1.29, 1.82) is 0 Å². The van der Waals surface area contributed by atoms with Crippen molar-refractivity contribution >= 4 is 27.5 Å². The number of amides is 2. The Labute approximate surface area is 255 Å². The van der Waals surface area contributed by atoms with Crippen LogP contribution in [-0.2, 0) is 26.2 Å². The Morgan fingerprint density at radius 3 is 2.23 bits per heavy atom. The lowest BCUT2D eigenvalue weighted by Gasteiger charge is -2.35. The topological polar surface area (TPSA) is 105 Å². The van der Waals surface area contributed by atoms with Gasteiger partial charge in [-0.2, -0.15) is 0 Å². The standard InChI is InChI=1S/C33H43N3O6S/c1-8-28(32(38)34-33(4,5)6)35(22-25-13-12-14-26(21-25)41-7)31(37)23-36(29-15-10-11-16-30(29)42-9-2)43(39,40)27-19-17-24(3)18-20-27/h10-21,28H,8-9,22-23H2,1-7H3,(H,34,38). The minimum Gasteiger partial charge on any atom is -0.497 e. The lowest BCUT2D eigenvalue weighted by Crippen LogP contribution is -2.55. The van der Waals surface area contributed by atoms with Crippen molar-refractivity contribution in [1.82, 2.24) is 10.2 Å². The fraction of sp³-hybridized carbons (Fsp3) is 0.394. The Bertz CT molecular complexity index is 1500. The fourth-order valence-electron chi connectivity index (χ4n) is 4.63. The molecule has 9 nitrogen and oxygen atoms in total. The molecule has 0 aromatic heterocycles. The third-order valence-electron chi connectivity index (χ3n) is 6.69. The Balaban J connectivity index is 2.13. The summed E-state index contributed by atoms with van der Waals surface area (Å²) in [6.07, 6.45) is 0.317. The molecule has 2 amide bonds. The van der Waals surface area contributed by atoms with Crippen LogP contribution in [0.3, 0.4) is 0 Å². The molecule has 43 heavy (non-hydrogen) atoms. The molecule has 0 bridgehead atoms. The maximum atomic E-state index is 14.3. The van der Waals surface area contributed by atoms with Gasteiger partial charge in [-0.3, -0.25) is 13.9 Å². The first-order chi connectivity index (χ1) is 20.3. The molecule has 3 rings (SSSR count). The highest BCUT2D eigenvalue weighted by molar-refractivity contribution is 7.92. The van der Waals surface area contributed by atoms with Gasteiger partial charge in [0.2, 0.25) is 11.8 Å². The van der Waals surface area contributed by atoms with Crippen molar-refractivity contribution in [3.63, 3.8) is 0 Å². The number of carbonyl (C=O) groups is 2. The highest BCUT2D eigenvalue weighted by atomic mass is 32.2. The lowest BCUT2D eigenvalue weighted by molar-refractivity contribution is -0.141. The number of rotatable bonds is 13. The van der Waals surface area contributed by atoms with Gasteiger partial charge in [-0.15, -0.1) is 0 Å². The first-order valence-electron chi connectivity index (χ1n) is 14.4. The summed E-state index contributed by atoms with van der Waals surface area (Å²) in [4.78, 5) is 29.3. The van der Waals surface area contributed by atoms with E-state index in [2.05, 4.69) is 5.32 Å². The number of nitrogens with one attached hydrogen (secondary N) is 1. The summed E-state index contributed by atoms with van der Waals surface area (Å²) in [6, 6.07) is 19.5. The fourth-order valence-corrected chi connectivity index (χ4v) is 6.06. The lowest BCUT2D eigenvalue weighted by atomic mass is 10.1. The molecular weight excluding hydrogens is 566 g/mol. The Hall–Kier alpha value is -4.05. The second-order valence-electron chi connectivity index (χ2n) is 11.3. The summed E-state index contributed by atoms with van der Waals surface area (Å²) < 4.78 is 40.6. The van der Waals surface area contributed by atoms with Gasteiger partial charge in [0, 0.05) is 12.1 Å². The first-order valence-corrected chi connectivity index (χ1v) is 15.8. The summed E-state index contributed by atoms with van der Waals surface area (Å²) in [5.74, 6) is 0.0614. The van der Waals surface area contributed by atoms with Gasteiger partial charge >= 0.3 is 0 Å². The van der Waals surface area contributed by atoms with Crippen LogP contribution in [0.1, 0.15) is 52.2 Å². The summed E-state index contributed by atoms with van der Waals surface area (Å²) in [7, 11) is -2.67. The summed E-state index contributed by atoms with van der Waals surface area (Å²) in [6.45, 7) is 10.9. The van der Waals surface area contributed by atoms with E-state index >= 15 is 0 Å². The van der Waals surface area contributed by atoms with Gasteiger partial charge in [0.1, 0.15) is 24.1 Å². The van der Waals surface area contributed by atoms with E-state index < -0.39 is 34.1 Å². The number of anilines is 1. The zero-order valence-electron chi connectivity index (χ0n) is 26.1. The average molecular weight is 610 g/mol. The molecule has 3 aromatic carbocycles. The van der Waals surface area contributed by atoms with Gasteiger partial charge < -0.3 is 19.7 Å². The molecule has 3 aromatic rings. The number of hydrogen-bond acceptors (Lipinski definition) is 6. The van der Waals surface area contributed by atoms with Crippen LogP contribution in [0, 0.1) is 6.92 Å². The van der Waals surface area contributed by atoms with E-state index in [0.717, 1.165) is 15.4 Å². The van der Waals surface area contributed by atoms with Crippen molar-refractivity contribution in [3.05, 3.63) is 83.9 Å². The molecule has 0 aliphatic heterocycles. The number of sulfonamides is 1. The van der Waals surface area contributed by atoms with Crippen LogP contribution < -0.4 is 19.1 Å². The van der Waals surface area contributed by atoms with Crippen LogP contribution in [0.2, 0.25) is 0 Å². The molecule has 0 aliphatic carbocycles. The third-order valence-corrected chi connectivity index (χ3v) is 8.47. The van der Waals surface area contributed by atoms with Crippen LogP contribution in [0.5, 0.6) is 11.5 Å². The second-order valence-corrected chi connectivity index (χ2v) is 13.1. The van der Waals surface area contributed by atoms with Crippen molar-refractivity contribution in [2.45, 2.75) is 71.0 Å². The van der Waals surface area contributed by atoms with Gasteiger partial charge in [-0.25, -0.2) is 8.42 Å². The zero-order valence-corrected chi connectivity index (χ0v) is 26.9. The molecule has 232 valence electrons. The van der Waals surface area contributed by atoms with Crippen molar-refractivity contribution < 1.29 is 27.5 Å². The molecular formula is C33H43N3O6S. The van der Waals surface area contributed by atoms with Gasteiger partial charge in [-0.1, -0.05) is 48.9 Å². The molecule has 0 heterocycles. The number of aryl methyl sites for hydroxylation is 1. The van der Waals surface area contributed by atoms with E-state index in [4.69, 9.17) is 9.47 Å². The van der Waals surface area contributed by atoms with Crippen molar-refractivity contribution in [3.8, 4) is 11.5 Å². The quantitative estimate of drug-likeness (QED) is 0.281. The molecule has 1 unspecified atom stereocenters. The van der Waals surface area contributed by atoms with Crippen LogP contribution in [-0.4, -0.2) is 57.0 Å². The molecule has 0 spiro atoms. The van der Waals surface area contributed by atoms with E-state index in [9.17, 15) is 18.0 Å². The van der Waals surface area contributed by atoms with Gasteiger partial charge in [0.25, 0.3) is 10.0 Å². The Morgan fingerprint density at radius 1 is 0.953 bits per heavy atom. The van der Waals surface area contributed by atoms with Crippen molar-refractivity contribution in [2.24, 2.45) is 0 Å². The Morgan fingerprint density at radius 2 is 1.63 bits per heavy atom. The minimum atomic E-state index is -4.22. The smallest absolute Gasteiger partial charge is 0.264 e. The zero-order chi connectivity index (χ0) is 31.8. The van der Waals surface area contributed by atoms with Crippen LogP contribution in [0.25, 0.3) is 0 Å². The van der Waals surface area contributed by atoms with E-state index in [0.29, 0.717) is 24.5 Å². The number of nitrogens with zero attached hydrogens (tertiary/aromatic N) is 2. The van der Waals surface area contributed by atoms with Crippen LogP contribution in [0.15, 0.2) is 77.7 Å². The second kappa shape index (κ2) is 14.4. The molecule has 1 N–H and O–H groups in total. The molecule has 1 atom stereocenters. The third kappa shape index (κ3) is 8.73. The molecule has 0 aliphatic rings. The maximum absolute atomic E-state index is 14.3. The number of para-hydroxylation sites is 2. The number of carbonyl (C=O) groups excluding carboxylic acids is 2. The summed E-state index contributed by atoms with van der Waals surface area (Å²) in [5.41, 5.74) is 1.33. The molecule has 0 saturated carbocycles. The maximum Gasteiger partial charge on any atom is 0.264 e. The van der Waals surface area contributed by atoms with Gasteiger partial charge in [-0.05, 0) is 83.0 Å². The number of methoxy groups -OCH3 is 1. The Kier molecular flexibility index (Phi) is 11.2. The van der Waals surface area contributed by atoms with Gasteiger partial charge in [0.05, 0.1) is 24.3 Å². The molecule has 0 radical (unpaired) electrons. The highest BCUT2D eigenvalue weighted by Gasteiger charge is 2.35. The SMILES string of the molecule is CCOc1ccccc1N(CC(=O)N(Cc1cccc(OC)c1)C(CC)C(=O)NC(C)(C)C)S(=O)(=O)c1ccc(C)cc1. The molecule has 10 heteroatoms. The largest absolute Gasteiger partial charge is 0.497 e. The monoisotopic (exact) mass is 609 g/mol. The molecule has 0 fully saturated rings. The summed E-state index contributed by atoms with van der Waals surface area (Å²) >= 11 is 0. The van der Waals surface area contributed by atoms with Crippen LogP contribution >= 0.6 is 0 Å². The van der Waals surface area contributed by atoms with E-state index in [1.54, 1.807) is 68.6 Å². The average Bonchev–Trinajstić information content (AvgIpc) is 2.95. The predicted octanol–water partition coefficient (Wildman–Crippen LogP) is 5.32. The van der Waals surface area contributed by atoms with E-state index in [1.165, 1.54) is 17.0 Å². The minimum absolute atomic E-state index is 0.0362. The van der Waals surface area contributed by atoms with Gasteiger partial charge in [0.15, 0.2) is 0 Å². The predicted molar refractivity (Wildman–Crippen MR) is 169 cm³/mol. The number of ether oxygens (including phenoxy) is 2.